The van der Waals surface area contributed by atoms with Crippen molar-refractivity contribution in [3.05, 3.63) is 35.1 Å². The molecule has 1 heterocycles. The molecule has 0 atom stereocenters. The van der Waals surface area contributed by atoms with E-state index in [4.69, 9.17) is 0 Å². The molecule has 2 fully saturated rings. The molecule has 1 saturated heterocycles. The fraction of sp³-hybridized carbons (Fsp3) is 0.579. The van der Waals surface area contributed by atoms with Gasteiger partial charge in [-0.05, 0) is 30.5 Å². The number of hydrogen-bond donors (Lipinski definition) is 3. The lowest BCUT2D eigenvalue weighted by Crippen LogP contribution is -2.54. The number of carbonyl (C=O) groups is 1. The molecule has 1 amide bonds. The normalized spacial score (nSPS) is 18.5. The summed E-state index contributed by atoms with van der Waals surface area (Å²) in [5.41, 5.74) is 1.18. The van der Waals surface area contributed by atoms with E-state index in [9.17, 15) is 14.3 Å². The van der Waals surface area contributed by atoms with Crippen molar-refractivity contribution in [2.75, 3.05) is 39.8 Å². The molecule has 8 heteroatoms. The van der Waals surface area contributed by atoms with E-state index in [0.29, 0.717) is 24.7 Å². The minimum absolute atomic E-state index is 0.115. The minimum Gasteiger partial charge on any atom is -0.392 e. The Kier molecular flexibility index (Phi) is 6.63. The summed E-state index contributed by atoms with van der Waals surface area (Å²) < 4.78 is 13.5. The third-order valence-corrected chi connectivity index (χ3v) is 4.92. The number of amides is 1. The van der Waals surface area contributed by atoms with Gasteiger partial charge in [-0.25, -0.2) is 4.39 Å². The van der Waals surface area contributed by atoms with Crippen LogP contribution in [0.15, 0.2) is 23.2 Å². The smallest absolute Gasteiger partial charge is 0.234 e. The van der Waals surface area contributed by atoms with E-state index in [-0.39, 0.29) is 12.5 Å². The van der Waals surface area contributed by atoms with Crippen molar-refractivity contribution in [2.45, 2.75) is 32.0 Å². The Bertz CT molecular complexity index is 685. The zero-order chi connectivity index (χ0) is 19.2. The number of aliphatic hydroxyl groups excluding tert-OH is 1. The molecule has 3 N–H and O–H groups in total. The van der Waals surface area contributed by atoms with Gasteiger partial charge in [0.25, 0.3) is 0 Å². The molecule has 1 aliphatic carbocycles. The van der Waals surface area contributed by atoms with E-state index in [1.54, 1.807) is 19.2 Å². The third kappa shape index (κ3) is 5.64. The van der Waals surface area contributed by atoms with Crippen LogP contribution in [0.4, 0.5) is 4.39 Å². The molecule has 0 bridgehead atoms. The average Bonchev–Trinajstić information content (AvgIpc) is 3.48. The van der Waals surface area contributed by atoms with Crippen molar-refractivity contribution < 1.29 is 14.3 Å². The maximum atomic E-state index is 13.5. The third-order valence-electron chi connectivity index (χ3n) is 4.92. The molecular weight excluding hydrogens is 349 g/mol. The highest BCUT2D eigenvalue weighted by molar-refractivity contribution is 5.80. The van der Waals surface area contributed by atoms with E-state index in [1.807, 2.05) is 0 Å². The fourth-order valence-corrected chi connectivity index (χ4v) is 3.19. The molecule has 0 aromatic heterocycles. The lowest BCUT2D eigenvalue weighted by atomic mass is 10.1. The Labute approximate surface area is 159 Å². The first-order chi connectivity index (χ1) is 13.1. The van der Waals surface area contributed by atoms with Gasteiger partial charge in [0.1, 0.15) is 5.82 Å². The van der Waals surface area contributed by atoms with Crippen LogP contribution < -0.4 is 10.6 Å². The number of nitrogens with zero attached hydrogens (tertiary/aromatic N) is 3. The number of guanidine groups is 1. The van der Waals surface area contributed by atoms with Gasteiger partial charge in [0.05, 0.1) is 13.2 Å². The monoisotopic (exact) mass is 377 g/mol. The Morgan fingerprint density at radius 1 is 1.30 bits per heavy atom. The van der Waals surface area contributed by atoms with Gasteiger partial charge in [-0.1, -0.05) is 6.07 Å². The number of rotatable bonds is 6. The second-order valence-corrected chi connectivity index (χ2v) is 7.09. The van der Waals surface area contributed by atoms with Gasteiger partial charge in [0.15, 0.2) is 5.96 Å². The maximum absolute atomic E-state index is 13.5. The average molecular weight is 377 g/mol. The van der Waals surface area contributed by atoms with Crippen molar-refractivity contribution in [1.29, 1.82) is 0 Å². The number of hydrogen-bond acceptors (Lipinski definition) is 4. The van der Waals surface area contributed by atoms with Gasteiger partial charge in [-0.3, -0.25) is 14.7 Å². The molecule has 1 saturated carbocycles. The molecule has 0 spiro atoms. The summed E-state index contributed by atoms with van der Waals surface area (Å²) in [6, 6.07) is 5.13. The lowest BCUT2D eigenvalue weighted by molar-refractivity contribution is -0.122. The van der Waals surface area contributed by atoms with Crippen LogP contribution in [-0.4, -0.2) is 72.6 Å². The number of aliphatic imine (C=N–C) groups is 1. The van der Waals surface area contributed by atoms with E-state index in [2.05, 4.69) is 25.4 Å². The molecule has 0 radical (unpaired) electrons. The van der Waals surface area contributed by atoms with Crippen molar-refractivity contribution in [3.8, 4) is 0 Å². The molecule has 2 aliphatic rings. The number of piperazine rings is 1. The summed E-state index contributed by atoms with van der Waals surface area (Å²) >= 11 is 0. The standard InChI is InChI=1S/C19H28FN5O2/c1-21-19(22-11-14-2-5-17(20)15(10-14)13-26)25-8-6-24(7-9-25)12-18(27)23-16-3-4-16/h2,5,10,16,26H,3-4,6-9,11-13H2,1H3,(H,21,22)(H,23,27). The highest BCUT2D eigenvalue weighted by Crippen LogP contribution is 2.18. The zero-order valence-electron chi connectivity index (χ0n) is 15.7. The fourth-order valence-electron chi connectivity index (χ4n) is 3.19. The Morgan fingerprint density at radius 3 is 2.67 bits per heavy atom. The van der Waals surface area contributed by atoms with Crippen LogP contribution in [0.5, 0.6) is 0 Å². The SMILES string of the molecule is CN=C(NCc1ccc(F)c(CO)c1)N1CCN(CC(=O)NC2CC2)CC1. The van der Waals surface area contributed by atoms with Crippen molar-refractivity contribution >= 4 is 11.9 Å². The van der Waals surface area contributed by atoms with Crippen LogP contribution in [0.2, 0.25) is 0 Å². The zero-order valence-corrected chi connectivity index (χ0v) is 15.7. The first-order valence-electron chi connectivity index (χ1n) is 9.44. The van der Waals surface area contributed by atoms with Crippen LogP contribution in [-0.2, 0) is 17.9 Å². The predicted molar refractivity (Wildman–Crippen MR) is 102 cm³/mol. The number of aliphatic hydroxyl groups is 1. The van der Waals surface area contributed by atoms with Gasteiger partial charge < -0.3 is 20.6 Å². The molecule has 1 aromatic rings. The first-order valence-corrected chi connectivity index (χ1v) is 9.44. The largest absolute Gasteiger partial charge is 0.392 e. The van der Waals surface area contributed by atoms with Gasteiger partial charge >= 0.3 is 0 Å². The number of nitrogens with one attached hydrogen (secondary N) is 2. The molecule has 27 heavy (non-hydrogen) atoms. The van der Waals surface area contributed by atoms with Crippen molar-refractivity contribution in [2.24, 2.45) is 4.99 Å². The number of benzene rings is 1. The second kappa shape index (κ2) is 9.14. The van der Waals surface area contributed by atoms with E-state index >= 15 is 0 Å². The number of halogens is 1. The van der Waals surface area contributed by atoms with Gasteiger partial charge in [-0.2, -0.15) is 0 Å². The maximum Gasteiger partial charge on any atom is 0.234 e. The second-order valence-electron chi connectivity index (χ2n) is 7.09. The van der Waals surface area contributed by atoms with Crippen molar-refractivity contribution in [3.63, 3.8) is 0 Å². The molecule has 0 unspecified atom stereocenters. The Balaban J connectivity index is 1.45. The molecular formula is C19H28FN5O2. The van der Waals surface area contributed by atoms with E-state index in [1.165, 1.54) is 6.07 Å². The van der Waals surface area contributed by atoms with E-state index in [0.717, 1.165) is 50.5 Å². The van der Waals surface area contributed by atoms with Crippen LogP contribution in [0.1, 0.15) is 24.0 Å². The Hall–Kier alpha value is -2.19. The van der Waals surface area contributed by atoms with Crippen molar-refractivity contribution in [1.82, 2.24) is 20.4 Å². The Morgan fingerprint density at radius 2 is 2.04 bits per heavy atom. The van der Waals surface area contributed by atoms with Crippen LogP contribution in [0, 0.1) is 5.82 Å². The first kappa shape index (κ1) is 19.6. The lowest BCUT2D eigenvalue weighted by Gasteiger charge is -2.36. The quantitative estimate of drug-likeness (QED) is 0.491. The summed E-state index contributed by atoms with van der Waals surface area (Å²) in [6.07, 6.45) is 2.21. The highest BCUT2D eigenvalue weighted by Gasteiger charge is 2.25. The molecule has 1 aliphatic heterocycles. The van der Waals surface area contributed by atoms with Gasteiger partial charge in [0, 0.05) is 51.4 Å². The van der Waals surface area contributed by atoms with Gasteiger partial charge in [0.2, 0.25) is 5.91 Å². The van der Waals surface area contributed by atoms with Crippen LogP contribution in [0.3, 0.4) is 0 Å². The summed E-state index contributed by atoms with van der Waals surface area (Å²) in [7, 11) is 1.74. The summed E-state index contributed by atoms with van der Waals surface area (Å²) in [6.45, 7) is 3.85. The molecule has 1 aromatic carbocycles. The topological polar surface area (TPSA) is 80.2 Å². The van der Waals surface area contributed by atoms with E-state index < -0.39 is 5.82 Å². The van der Waals surface area contributed by atoms with Crippen LogP contribution in [0.25, 0.3) is 0 Å². The molecule has 7 nitrogen and oxygen atoms in total. The summed E-state index contributed by atoms with van der Waals surface area (Å²) in [5, 5.41) is 15.5. The van der Waals surface area contributed by atoms with Crippen LogP contribution >= 0.6 is 0 Å². The predicted octanol–water partition coefficient (Wildman–Crippen LogP) is 0.290. The summed E-state index contributed by atoms with van der Waals surface area (Å²) in [5.74, 6) is 0.504. The summed E-state index contributed by atoms with van der Waals surface area (Å²) in [4.78, 5) is 20.6. The number of carbonyl (C=O) groups excluding carboxylic acids is 1. The van der Waals surface area contributed by atoms with Gasteiger partial charge in [-0.15, -0.1) is 0 Å². The molecule has 148 valence electrons. The molecule has 3 rings (SSSR count). The highest BCUT2D eigenvalue weighted by atomic mass is 19.1. The minimum atomic E-state index is -0.396.